The maximum absolute atomic E-state index is 12.2. The molecule has 1 heterocycles. The van der Waals surface area contributed by atoms with Crippen LogP contribution >= 0.6 is 0 Å². The van der Waals surface area contributed by atoms with E-state index in [-0.39, 0.29) is 5.91 Å². The second kappa shape index (κ2) is 8.53. The van der Waals surface area contributed by atoms with Crippen molar-refractivity contribution < 1.29 is 9.53 Å². The smallest absolute Gasteiger partial charge is 0.224 e. The first kappa shape index (κ1) is 17.3. The molecule has 1 atom stereocenters. The van der Waals surface area contributed by atoms with Crippen LogP contribution in [0.25, 0.3) is 0 Å². The molecule has 1 amide bonds. The normalized spacial score (nSPS) is 16.9. The molecule has 0 spiro atoms. The van der Waals surface area contributed by atoms with Crippen molar-refractivity contribution >= 4 is 23.0 Å². The number of rotatable bonds is 6. The third kappa shape index (κ3) is 5.22. The fourth-order valence-corrected chi connectivity index (χ4v) is 3.08. The van der Waals surface area contributed by atoms with Crippen molar-refractivity contribution in [3.05, 3.63) is 48.5 Å². The van der Waals surface area contributed by atoms with E-state index in [0.717, 1.165) is 48.7 Å². The Morgan fingerprint density at radius 1 is 1.16 bits per heavy atom. The van der Waals surface area contributed by atoms with Gasteiger partial charge in [-0.05, 0) is 68.2 Å². The number of hydrogen-bond donors (Lipinski definition) is 3. The predicted molar refractivity (Wildman–Crippen MR) is 102 cm³/mol. The molecule has 1 fully saturated rings. The Kier molecular flexibility index (Phi) is 5.90. The third-order valence-electron chi connectivity index (χ3n) is 4.40. The van der Waals surface area contributed by atoms with Crippen molar-refractivity contribution in [3.63, 3.8) is 0 Å². The molecule has 0 aliphatic carbocycles. The van der Waals surface area contributed by atoms with Crippen LogP contribution in [0.1, 0.15) is 19.3 Å². The summed E-state index contributed by atoms with van der Waals surface area (Å²) in [4.78, 5) is 12.2. The largest absolute Gasteiger partial charge is 0.497 e. The number of benzene rings is 2. The van der Waals surface area contributed by atoms with Crippen LogP contribution in [0.5, 0.6) is 5.75 Å². The average molecular weight is 339 g/mol. The zero-order chi connectivity index (χ0) is 17.5. The van der Waals surface area contributed by atoms with E-state index in [1.807, 2.05) is 48.5 Å². The highest BCUT2D eigenvalue weighted by atomic mass is 16.5. The number of methoxy groups -OCH3 is 1. The molecule has 0 radical (unpaired) electrons. The van der Waals surface area contributed by atoms with Crippen LogP contribution < -0.4 is 20.7 Å². The molecule has 1 aliphatic rings. The standard InChI is InChI=1S/C20H25N3O2/c1-25-19-6-2-5-18(13-19)22-16-7-9-17(10-8-16)23-20(24)12-15-4-3-11-21-14-15/h2,5-10,13,15,21-22H,3-4,11-12,14H2,1H3,(H,23,24). The van der Waals surface area contributed by atoms with Crippen LogP contribution in [0, 0.1) is 5.92 Å². The van der Waals surface area contributed by atoms with Gasteiger partial charge in [0.05, 0.1) is 7.11 Å². The van der Waals surface area contributed by atoms with Crippen LogP contribution in [0.15, 0.2) is 48.5 Å². The molecule has 0 bridgehead atoms. The van der Waals surface area contributed by atoms with Gasteiger partial charge in [-0.25, -0.2) is 0 Å². The quantitative estimate of drug-likeness (QED) is 0.750. The first-order valence-electron chi connectivity index (χ1n) is 8.74. The van der Waals surface area contributed by atoms with Crippen molar-refractivity contribution in [2.45, 2.75) is 19.3 Å². The van der Waals surface area contributed by atoms with E-state index in [1.165, 1.54) is 0 Å². The molecule has 3 N–H and O–H groups in total. The van der Waals surface area contributed by atoms with E-state index >= 15 is 0 Å². The van der Waals surface area contributed by atoms with Gasteiger partial charge in [-0.2, -0.15) is 0 Å². The average Bonchev–Trinajstić information content (AvgIpc) is 2.64. The topological polar surface area (TPSA) is 62.4 Å². The van der Waals surface area contributed by atoms with Gasteiger partial charge >= 0.3 is 0 Å². The molecule has 5 heteroatoms. The van der Waals surface area contributed by atoms with Crippen molar-refractivity contribution in [1.29, 1.82) is 0 Å². The molecule has 1 unspecified atom stereocenters. The summed E-state index contributed by atoms with van der Waals surface area (Å²) in [7, 11) is 1.65. The van der Waals surface area contributed by atoms with Crippen molar-refractivity contribution in [2.24, 2.45) is 5.92 Å². The molecule has 2 aromatic carbocycles. The minimum Gasteiger partial charge on any atom is -0.497 e. The lowest BCUT2D eigenvalue weighted by Gasteiger charge is -2.22. The Hall–Kier alpha value is -2.53. The number of anilines is 3. The van der Waals surface area contributed by atoms with E-state index in [9.17, 15) is 4.79 Å². The van der Waals surface area contributed by atoms with Crippen molar-refractivity contribution in [3.8, 4) is 5.75 Å². The Balaban J connectivity index is 1.53. The highest BCUT2D eigenvalue weighted by molar-refractivity contribution is 5.91. The molecule has 2 aromatic rings. The molecule has 3 rings (SSSR count). The maximum atomic E-state index is 12.2. The predicted octanol–water partition coefficient (Wildman–Crippen LogP) is 3.77. The number of carbonyl (C=O) groups is 1. The van der Waals surface area contributed by atoms with Gasteiger partial charge in [-0.1, -0.05) is 6.07 Å². The molecular formula is C20H25N3O2. The second-order valence-corrected chi connectivity index (χ2v) is 6.40. The molecule has 0 aromatic heterocycles. The van der Waals surface area contributed by atoms with Gasteiger partial charge in [0.2, 0.25) is 5.91 Å². The highest BCUT2D eigenvalue weighted by Gasteiger charge is 2.16. The number of amides is 1. The van der Waals surface area contributed by atoms with Crippen LogP contribution in [0.4, 0.5) is 17.1 Å². The minimum absolute atomic E-state index is 0.0854. The molecule has 25 heavy (non-hydrogen) atoms. The van der Waals surface area contributed by atoms with Crippen LogP contribution in [0.3, 0.4) is 0 Å². The van der Waals surface area contributed by atoms with Gasteiger partial charge in [-0.15, -0.1) is 0 Å². The summed E-state index contributed by atoms with van der Waals surface area (Å²) >= 11 is 0. The lowest BCUT2D eigenvalue weighted by Crippen LogP contribution is -2.32. The number of carbonyl (C=O) groups excluding carboxylic acids is 1. The molecule has 0 saturated carbocycles. The van der Waals surface area contributed by atoms with E-state index < -0.39 is 0 Å². The molecule has 132 valence electrons. The summed E-state index contributed by atoms with van der Waals surface area (Å²) in [6, 6.07) is 15.5. The molecule has 1 saturated heterocycles. The minimum atomic E-state index is 0.0854. The summed E-state index contributed by atoms with van der Waals surface area (Å²) in [5.74, 6) is 1.34. The molecule has 1 aliphatic heterocycles. The Morgan fingerprint density at radius 2 is 1.96 bits per heavy atom. The van der Waals surface area contributed by atoms with Gasteiger partial charge in [0.25, 0.3) is 0 Å². The summed E-state index contributed by atoms with van der Waals surface area (Å²) in [6.45, 7) is 2.01. The number of ether oxygens (including phenoxy) is 1. The Morgan fingerprint density at radius 3 is 2.68 bits per heavy atom. The highest BCUT2D eigenvalue weighted by Crippen LogP contribution is 2.23. The summed E-state index contributed by atoms with van der Waals surface area (Å²) in [5.41, 5.74) is 2.74. The van der Waals surface area contributed by atoms with Gasteiger partial charge in [0, 0.05) is 29.5 Å². The fraction of sp³-hybridized carbons (Fsp3) is 0.350. The van der Waals surface area contributed by atoms with Gasteiger partial charge in [0.1, 0.15) is 5.75 Å². The summed E-state index contributed by atoms with van der Waals surface area (Å²) < 4.78 is 5.23. The summed E-state index contributed by atoms with van der Waals surface area (Å²) in [5, 5.41) is 9.65. The lowest BCUT2D eigenvalue weighted by molar-refractivity contribution is -0.117. The van der Waals surface area contributed by atoms with Gasteiger partial charge in [0.15, 0.2) is 0 Å². The molecular weight excluding hydrogens is 314 g/mol. The fourth-order valence-electron chi connectivity index (χ4n) is 3.08. The van der Waals surface area contributed by atoms with Gasteiger partial charge < -0.3 is 20.7 Å². The van der Waals surface area contributed by atoms with E-state index in [4.69, 9.17) is 4.74 Å². The van der Waals surface area contributed by atoms with Crippen LogP contribution in [-0.2, 0) is 4.79 Å². The van der Waals surface area contributed by atoms with Crippen molar-refractivity contribution in [2.75, 3.05) is 30.8 Å². The number of hydrogen-bond acceptors (Lipinski definition) is 4. The summed E-state index contributed by atoms with van der Waals surface area (Å²) in [6.07, 6.45) is 2.86. The molecule has 5 nitrogen and oxygen atoms in total. The second-order valence-electron chi connectivity index (χ2n) is 6.40. The number of nitrogens with one attached hydrogen (secondary N) is 3. The van der Waals surface area contributed by atoms with E-state index in [2.05, 4.69) is 16.0 Å². The monoisotopic (exact) mass is 339 g/mol. The van der Waals surface area contributed by atoms with E-state index in [1.54, 1.807) is 7.11 Å². The Labute approximate surface area is 148 Å². The third-order valence-corrected chi connectivity index (χ3v) is 4.40. The van der Waals surface area contributed by atoms with E-state index in [0.29, 0.717) is 12.3 Å². The Bertz CT molecular complexity index is 694. The van der Waals surface area contributed by atoms with Crippen LogP contribution in [0.2, 0.25) is 0 Å². The van der Waals surface area contributed by atoms with Gasteiger partial charge in [-0.3, -0.25) is 4.79 Å². The lowest BCUT2D eigenvalue weighted by atomic mass is 9.96. The number of piperidine rings is 1. The maximum Gasteiger partial charge on any atom is 0.224 e. The van der Waals surface area contributed by atoms with Crippen molar-refractivity contribution in [1.82, 2.24) is 5.32 Å². The first-order chi connectivity index (χ1) is 12.2. The zero-order valence-electron chi connectivity index (χ0n) is 14.5. The first-order valence-corrected chi connectivity index (χ1v) is 8.74. The SMILES string of the molecule is COc1cccc(Nc2ccc(NC(=O)CC3CCCNC3)cc2)c1. The van der Waals surface area contributed by atoms with Crippen LogP contribution in [-0.4, -0.2) is 26.1 Å². The zero-order valence-corrected chi connectivity index (χ0v) is 14.5.